The number of hydrogen-bond donors (Lipinski definition) is 1. The van der Waals surface area contributed by atoms with Gasteiger partial charge in [0.2, 0.25) is 5.91 Å². The van der Waals surface area contributed by atoms with E-state index in [4.69, 9.17) is 11.2 Å². The molecule has 0 aromatic carbocycles. The second-order valence-electron chi connectivity index (χ2n) is 6.34. The number of carbonyl (C=O) groups excluding carboxylic acids is 1. The molecule has 7 nitrogen and oxygen atoms in total. The van der Waals surface area contributed by atoms with Crippen LogP contribution in [0.25, 0.3) is 0 Å². The Morgan fingerprint density at radius 2 is 2.12 bits per heavy atom. The summed E-state index contributed by atoms with van der Waals surface area (Å²) in [5.41, 5.74) is 0.521. The number of morpholine rings is 1. The molecule has 0 saturated carbocycles. The van der Waals surface area contributed by atoms with Crippen molar-refractivity contribution in [1.82, 2.24) is 9.88 Å². The summed E-state index contributed by atoms with van der Waals surface area (Å²) >= 11 is 0. The van der Waals surface area contributed by atoms with Gasteiger partial charge in [-0.15, -0.1) is 12.3 Å². The second kappa shape index (κ2) is 8.19. The molecule has 0 radical (unpaired) electrons. The molecule has 2 aliphatic rings. The average Bonchev–Trinajstić information content (AvgIpc) is 3.40. The van der Waals surface area contributed by atoms with Crippen LogP contribution in [0.3, 0.4) is 0 Å². The predicted molar refractivity (Wildman–Crippen MR) is 93.9 cm³/mol. The second-order valence-corrected chi connectivity index (χ2v) is 6.34. The number of nitrogens with zero attached hydrogens (tertiary/aromatic N) is 4. The minimum Gasteiger partial charge on any atom is -0.379 e. The van der Waals surface area contributed by atoms with Gasteiger partial charge >= 0.3 is 0 Å². The van der Waals surface area contributed by atoms with Gasteiger partial charge < -0.3 is 10.1 Å². The number of amides is 1. The highest BCUT2D eigenvalue weighted by atomic mass is 16.5. The first kappa shape index (κ1) is 17.5. The quantitative estimate of drug-likeness (QED) is 0.735. The molecular formula is C18H23N5O2. The van der Waals surface area contributed by atoms with Crippen LogP contribution in [0.2, 0.25) is 0 Å². The fourth-order valence-corrected chi connectivity index (χ4v) is 2.81. The Bertz CT molecular complexity index is 670. The summed E-state index contributed by atoms with van der Waals surface area (Å²) in [6, 6.07) is 5.70. The van der Waals surface area contributed by atoms with E-state index < -0.39 is 5.66 Å². The van der Waals surface area contributed by atoms with E-state index in [1.807, 2.05) is 12.1 Å². The number of aromatic nitrogens is 1. The summed E-state index contributed by atoms with van der Waals surface area (Å²) in [5.74, 6) is 3.09. The van der Waals surface area contributed by atoms with Crippen LogP contribution in [-0.4, -0.2) is 47.8 Å². The molecule has 1 saturated heterocycles. The SMILES string of the molecule is C#CCCC1(CCC(=O)Nc2cccc(CN3CCOCC3)n2)N=N1. The van der Waals surface area contributed by atoms with Crippen molar-refractivity contribution < 1.29 is 9.53 Å². The number of nitrogens with one attached hydrogen (secondary N) is 1. The van der Waals surface area contributed by atoms with Crippen LogP contribution >= 0.6 is 0 Å². The molecule has 7 heteroatoms. The molecule has 25 heavy (non-hydrogen) atoms. The maximum absolute atomic E-state index is 12.2. The van der Waals surface area contributed by atoms with Gasteiger partial charge in [0, 0.05) is 45.3 Å². The smallest absolute Gasteiger partial charge is 0.225 e. The first-order chi connectivity index (χ1) is 12.2. The third-order valence-corrected chi connectivity index (χ3v) is 4.37. The fourth-order valence-electron chi connectivity index (χ4n) is 2.81. The van der Waals surface area contributed by atoms with E-state index >= 15 is 0 Å². The van der Waals surface area contributed by atoms with Gasteiger partial charge in [-0.25, -0.2) is 4.98 Å². The Hall–Kier alpha value is -2.30. The molecule has 1 aromatic heterocycles. The minimum atomic E-state index is -0.421. The van der Waals surface area contributed by atoms with E-state index in [1.54, 1.807) is 6.07 Å². The van der Waals surface area contributed by atoms with Crippen molar-refractivity contribution in [3.63, 3.8) is 0 Å². The first-order valence-electron chi connectivity index (χ1n) is 8.63. The van der Waals surface area contributed by atoms with Gasteiger partial charge in [-0.2, -0.15) is 10.2 Å². The Labute approximate surface area is 147 Å². The van der Waals surface area contributed by atoms with Crippen LogP contribution in [-0.2, 0) is 16.1 Å². The van der Waals surface area contributed by atoms with E-state index in [2.05, 4.69) is 31.3 Å². The van der Waals surface area contributed by atoms with Crippen LogP contribution in [0, 0.1) is 12.3 Å². The molecule has 1 N–H and O–H groups in total. The molecule has 0 unspecified atom stereocenters. The monoisotopic (exact) mass is 341 g/mol. The topological polar surface area (TPSA) is 79.2 Å². The van der Waals surface area contributed by atoms with Crippen molar-refractivity contribution in [2.45, 2.75) is 37.9 Å². The highest BCUT2D eigenvalue weighted by molar-refractivity contribution is 5.89. The highest BCUT2D eigenvalue weighted by Gasteiger charge is 2.39. The van der Waals surface area contributed by atoms with Gasteiger partial charge in [0.1, 0.15) is 5.82 Å². The van der Waals surface area contributed by atoms with Crippen molar-refractivity contribution in [3.8, 4) is 12.3 Å². The molecular weight excluding hydrogens is 318 g/mol. The van der Waals surface area contributed by atoms with Crippen LogP contribution in [0.4, 0.5) is 5.82 Å². The number of pyridine rings is 1. The van der Waals surface area contributed by atoms with Gasteiger partial charge in [0.15, 0.2) is 5.66 Å². The van der Waals surface area contributed by atoms with E-state index in [1.165, 1.54) is 0 Å². The Kier molecular flexibility index (Phi) is 5.74. The normalized spacial score (nSPS) is 18.5. The molecule has 1 fully saturated rings. The Balaban J connectivity index is 1.46. The van der Waals surface area contributed by atoms with Crippen molar-refractivity contribution in [2.24, 2.45) is 10.2 Å². The molecule has 132 valence electrons. The largest absolute Gasteiger partial charge is 0.379 e. The van der Waals surface area contributed by atoms with Crippen LogP contribution in [0.1, 0.15) is 31.4 Å². The number of anilines is 1. The van der Waals surface area contributed by atoms with Crippen molar-refractivity contribution >= 4 is 11.7 Å². The molecule has 2 aliphatic heterocycles. The number of hydrogen-bond acceptors (Lipinski definition) is 6. The summed E-state index contributed by atoms with van der Waals surface area (Å²) in [7, 11) is 0. The number of carbonyl (C=O) groups is 1. The third kappa shape index (κ3) is 5.34. The van der Waals surface area contributed by atoms with Gasteiger partial charge in [-0.05, 0) is 12.1 Å². The standard InChI is InChI=1S/C18H23N5O2/c1-2-3-8-18(21-22-18)9-7-17(24)20-16-6-4-5-15(19-16)14-23-10-12-25-13-11-23/h1,4-6H,3,7-14H2,(H,19,20,24). The molecule has 1 aromatic rings. The van der Waals surface area contributed by atoms with E-state index in [0.29, 0.717) is 31.5 Å². The lowest BCUT2D eigenvalue weighted by Crippen LogP contribution is -2.35. The molecule has 3 heterocycles. The van der Waals surface area contributed by atoms with Gasteiger partial charge in [-0.3, -0.25) is 9.69 Å². The summed E-state index contributed by atoms with van der Waals surface area (Å²) < 4.78 is 5.35. The van der Waals surface area contributed by atoms with Crippen molar-refractivity contribution in [3.05, 3.63) is 23.9 Å². The summed E-state index contributed by atoms with van der Waals surface area (Å²) in [6.45, 7) is 4.10. The molecule has 0 aliphatic carbocycles. The van der Waals surface area contributed by atoms with Crippen molar-refractivity contribution in [1.29, 1.82) is 0 Å². The minimum absolute atomic E-state index is 0.0756. The summed E-state index contributed by atoms with van der Waals surface area (Å²) in [4.78, 5) is 19.0. The van der Waals surface area contributed by atoms with Gasteiger partial charge in [0.25, 0.3) is 0 Å². The zero-order valence-electron chi connectivity index (χ0n) is 14.3. The first-order valence-corrected chi connectivity index (χ1v) is 8.63. The van der Waals surface area contributed by atoms with E-state index in [-0.39, 0.29) is 5.91 Å². The van der Waals surface area contributed by atoms with Crippen molar-refractivity contribution in [2.75, 3.05) is 31.6 Å². The van der Waals surface area contributed by atoms with Crippen LogP contribution in [0.15, 0.2) is 28.4 Å². The maximum atomic E-state index is 12.2. The lowest BCUT2D eigenvalue weighted by molar-refractivity contribution is -0.116. The number of rotatable bonds is 8. The zero-order valence-corrected chi connectivity index (χ0v) is 14.3. The molecule has 1 amide bonds. The fraction of sp³-hybridized carbons (Fsp3) is 0.556. The van der Waals surface area contributed by atoms with Crippen LogP contribution < -0.4 is 5.32 Å². The molecule has 0 spiro atoms. The maximum Gasteiger partial charge on any atom is 0.225 e. The Morgan fingerprint density at radius 1 is 1.32 bits per heavy atom. The lowest BCUT2D eigenvalue weighted by atomic mass is 10.0. The highest BCUT2D eigenvalue weighted by Crippen LogP contribution is 2.37. The molecule has 0 bridgehead atoms. The van der Waals surface area contributed by atoms with Gasteiger partial charge in [0.05, 0.1) is 18.9 Å². The Morgan fingerprint density at radius 3 is 2.84 bits per heavy atom. The third-order valence-electron chi connectivity index (χ3n) is 4.37. The number of terminal acetylenes is 1. The predicted octanol–water partition coefficient (Wildman–Crippen LogP) is 2.21. The summed E-state index contributed by atoms with van der Waals surface area (Å²) in [5, 5.41) is 11.0. The van der Waals surface area contributed by atoms with E-state index in [0.717, 1.165) is 38.5 Å². The van der Waals surface area contributed by atoms with E-state index in [9.17, 15) is 4.79 Å². The van der Waals surface area contributed by atoms with Crippen LogP contribution in [0.5, 0.6) is 0 Å². The average molecular weight is 341 g/mol. The van der Waals surface area contributed by atoms with Gasteiger partial charge in [-0.1, -0.05) is 6.07 Å². The summed E-state index contributed by atoms with van der Waals surface area (Å²) in [6.07, 6.45) is 7.55. The molecule has 0 atom stereocenters. The molecule has 3 rings (SSSR count). The lowest BCUT2D eigenvalue weighted by Gasteiger charge is -2.26. The number of ether oxygens (including phenoxy) is 1. The zero-order chi connectivity index (χ0) is 17.5.